The van der Waals surface area contributed by atoms with E-state index in [9.17, 15) is 19.2 Å². The minimum Gasteiger partial charge on any atom is -0.469 e. The molecule has 4 atom stereocenters. The molecule has 3 aliphatic rings. The Morgan fingerprint density at radius 3 is 2.26 bits per heavy atom. The number of H-pyrrole nitrogens is 2. The number of halogens is 1. The topological polar surface area (TPSA) is 163 Å². The molecule has 284 valence electrons. The molecule has 4 aromatic rings. The number of nitrogens with zero attached hydrogens (tertiary/aromatic N) is 4. The van der Waals surface area contributed by atoms with Crippen LogP contribution in [0.2, 0.25) is 0 Å². The van der Waals surface area contributed by atoms with Gasteiger partial charge < -0.3 is 34.6 Å². The van der Waals surface area contributed by atoms with Crippen LogP contribution < -0.4 is 5.32 Å². The van der Waals surface area contributed by atoms with Gasteiger partial charge in [0.1, 0.15) is 23.5 Å². The van der Waals surface area contributed by atoms with Crippen molar-refractivity contribution in [1.29, 1.82) is 0 Å². The third kappa shape index (κ3) is 7.21. The minimum absolute atomic E-state index is 0.0433. The number of rotatable bonds is 9. The van der Waals surface area contributed by atoms with E-state index in [0.717, 1.165) is 78.0 Å². The Balaban J connectivity index is 1.08. The van der Waals surface area contributed by atoms with Crippen LogP contribution in [0.15, 0.2) is 42.6 Å². The number of esters is 1. The predicted octanol–water partition coefficient (Wildman–Crippen LogP) is 6.03. The number of benzene rings is 2. The van der Waals surface area contributed by atoms with Crippen LogP contribution in [-0.2, 0) is 36.7 Å². The maximum absolute atomic E-state index is 15.8. The summed E-state index contributed by atoms with van der Waals surface area (Å²) in [6.07, 6.45) is 6.66. The number of likely N-dealkylation sites (tertiary alicyclic amines) is 2. The molecule has 0 unspecified atom stereocenters. The van der Waals surface area contributed by atoms with Gasteiger partial charge in [0.25, 0.3) is 0 Å². The number of hydrogen-bond acceptors (Lipinski definition) is 8. The molecule has 4 heterocycles. The van der Waals surface area contributed by atoms with E-state index >= 15 is 4.39 Å². The monoisotopic (exact) mass is 739 g/mol. The van der Waals surface area contributed by atoms with Gasteiger partial charge in [-0.15, -0.1) is 0 Å². The van der Waals surface area contributed by atoms with E-state index in [2.05, 4.69) is 37.1 Å². The molecule has 2 aromatic carbocycles. The maximum atomic E-state index is 15.8. The summed E-state index contributed by atoms with van der Waals surface area (Å²) in [7, 11) is 2.58. The molecule has 7 rings (SSSR count). The second-order valence-corrected chi connectivity index (χ2v) is 14.5. The van der Waals surface area contributed by atoms with Gasteiger partial charge in [0.2, 0.25) is 11.8 Å². The van der Waals surface area contributed by atoms with Crippen LogP contribution in [0.3, 0.4) is 0 Å². The summed E-state index contributed by atoms with van der Waals surface area (Å²) in [6, 6.07) is 10.1. The normalized spacial score (nSPS) is 19.1. The van der Waals surface area contributed by atoms with Crippen molar-refractivity contribution in [1.82, 2.24) is 35.1 Å². The second-order valence-electron chi connectivity index (χ2n) is 14.5. The van der Waals surface area contributed by atoms with E-state index in [1.807, 2.05) is 17.0 Å². The third-order valence-electron chi connectivity index (χ3n) is 10.9. The Morgan fingerprint density at radius 2 is 1.56 bits per heavy atom. The van der Waals surface area contributed by atoms with E-state index in [1.165, 1.54) is 20.3 Å². The Bertz CT molecular complexity index is 2080. The zero-order chi connectivity index (χ0) is 38.1. The zero-order valence-corrected chi connectivity index (χ0v) is 31.0. The van der Waals surface area contributed by atoms with Gasteiger partial charge in [0.15, 0.2) is 0 Å². The van der Waals surface area contributed by atoms with Crippen LogP contribution in [0.4, 0.5) is 9.18 Å². The van der Waals surface area contributed by atoms with Crippen LogP contribution in [0, 0.1) is 11.7 Å². The summed E-state index contributed by atoms with van der Waals surface area (Å²) in [6.45, 7) is 4.52. The number of imidazole rings is 2. The first-order chi connectivity index (χ1) is 26.1. The Hall–Kier alpha value is -5.53. The number of carbonyl (C=O) groups is 4. The molecule has 2 aromatic heterocycles. The summed E-state index contributed by atoms with van der Waals surface area (Å²) in [5, 5.41) is 2.52. The van der Waals surface area contributed by atoms with Crippen LogP contribution in [0.5, 0.6) is 0 Å². The van der Waals surface area contributed by atoms with Gasteiger partial charge in [-0.05, 0) is 80.7 Å². The molecule has 3 N–H and O–H groups in total. The Morgan fingerprint density at radius 1 is 0.870 bits per heavy atom. The molecular weight excluding hydrogens is 693 g/mol. The van der Waals surface area contributed by atoms with Crippen LogP contribution in [-0.4, -0.2) is 87.0 Å². The highest BCUT2D eigenvalue weighted by atomic mass is 19.1. The molecule has 0 spiro atoms. The number of alkyl carbamates (subject to hydrolysis) is 1. The number of aromatic nitrogens is 4. The SMILES string of the molecule is COC(=O)C[C@@H](C)C(=O)N1CCC[C@H]1c1nc2c([nH]1)CCCc1cc(-c3ccc(-c4cnc([C@@H]5CCCN5C(=O)[C@H](C)NC(=O)OC)[nH]4)c(F)c3)ccc1-2. The highest BCUT2D eigenvalue weighted by Gasteiger charge is 2.37. The summed E-state index contributed by atoms with van der Waals surface area (Å²) in [4.78, 5) is 69.9. The Kier molecular flexibility index (Phi) is 10.5. The van der Waals surface area contributed by atoms with E-state index < -0.39 is 29.8 Å². The standard InChI is InChI=1S/C40H46FN7O6/c1-22(18-34(49)53-3)38(50)47-16-7-11-33(47)37-44-30-9-5-8-26-19-24(12-14-27(26)35(30)46-37)25-13-15-28(29(41)20-25)31-21-42-36(45-31)32-10-6-17-48(32)39(51)23(2)43-40(52)54-4/h12-15,19-23,32-33H,5-11,16-18H2,1-4H3,(H,42,45)(H,43,52)(H,44,46)/t22-,23+,32+,33+/m1/s1. The first kappa shape index (κ1) is 36.8. The zero-order valence-electron chi connectivity index (χ0n) is 31.0. The largest absolute Gasteiger partial charge is 0.469 e. The van der Waals surface area contributed by atoms with Crippen molar-refractivity contribution in [3.8, 4) is 33.6 Å². The molecule has 2 saturated heterocycles. The highest BCUT2D eigenvalue weighted by Crippen LogP contribution is 2.39. The molecule has 0 radical (unpaired) electrons. The maximum Gasteiger partial charge on any atom is 0.407 e. The number of aromatic amines is 2. The smallest absolute Gasteiger partial charge is 0.407 e. The van der Waals surface area contributed by atoms with Crippen LogP contribution in [0.25, 0.3) is 33.6 Å². The fourth-order valence-corrected chi connectivity index (χ4v) is 8.09. The van der Waals surface area contributed by atoms with Gasteiger partial charge >= 0.3 is 12.1 Å². The lowest BCUT2D eigenvalue weighted by Gasteiger charge is -2.26. The van der Waals surface area contributed by atoms with Gasteiger partial charge in [-0.1, -0.05) is 31.2 Å². The molecule has 2 aliphatic heterocycles. The van der Waals surface area contributed by atoms with E-state index in [0.29, 0.717) is 36.6 Å². The number of fused-ring (bicyclic) bond motifs is 3. The van der Waals surface area contributed by atoms with Gasteiger partial charge in [-0.25, -0.2) is 19.2 Å². The summed E-state index contributed by atoms with van der Waals surface area (Å²) in [5.74, 6) is -0.251. The number of amides is 3. The van der Waals surface area contributed by atoms with Crippen molar-refractivity contribution in [2.75, 3.05) is 27.3 Å². The van der Waals surface area contributed by atoms with Crippen molar-refractivity contribution >= 4 is 23.9 Å². The van der Waals surface area contributed by atoms with Crippen LogP contribution >= 0.6 is 0 Å². The van der Waals surface area contributed by atoms with Gasteiger partial charge in [-0.3, -0.25) is 14.4 Å². The van der Waals surface area contributed by atoms with Crippen molar-refractivity contribution in [2.24, 2.45) is 5.92 Å². The third-order valence-corrected chi connectivity index (χ3v) is 10.9. The van der Waals surface area contributed by atoms with Crippen molar-refractivity contribution in [3.05, 3.63) is 71.3 Å². The Labute approximate surface area is 313 Å². The molecule has 1 aliphatic carbocycles. The lowest BCUT2D eigenvalue weighted by molar-refractivity contribution is -0.146. The average molecular weight is 740 g/mol. The average Bonchev–Trinajstić information content (AvgIpc) is 4.00. The molecule has 0 bridgehead atoms. The van der Waals surface area contributed by atoms with E-state index in [4.69, 9.17) is 9.72 Å². The first-order valence-corrected chi connectivity index (χ1v) is 18.7. The molecule has 54 heavy (non-hydrogen) atoms. The highest BCUT2D eigenvalue weighted by molar-refractivity contribution is 5.86. The fourth-order valence-electron chi connectivity index (χ4n) is 8.09. The van der Waals surface area contributed by atoms with Crippen molar-refractivity contribution in [3.63, 3.8) is 0 Å². The lowest BCUT2D eigenvalue weighted by atomic mass is 9.95. The molecule has 2 fully saturated rings. The van der Waals surface area contributed by atoms with Gasteiger partial charge in [0, 0.05) is 35.8 Å². The molecular formula is C40H46FN7O6. The number of ether oxygens (including phenoxy) is 2. The number of nitrogens with one attached hydrogen (secondary N) is 3. The minimum atomic E-state index is -0.764. The van der Waals surface area contributed by atoms with Crippen molar-refractivity contribution < 1.29 is 33.0 Å². The van der Waals surface area contributed by atoms with E-state index in [1.54, 1.807) is 31.0 Å². The summed E-state index contributed by atoms with van der Waals surface area (Å²) < 4.78 is 25.2. The second kappa shape index (κ2) is 15.4. The molecule has 0 saturated carbocycles. The quantitative estimate of drug-likeness (QED) is 0.175. The number of aryl methyl sites for hydroxylation is 2. The number of hydrogen-bond donors (Lipinski definition) is 3. The van der Waals surface area contributed by atoms with E-state index in [-0.39, 0.29) is 30.3 Å². The van der Waals surface area contributed by atoms with Gasteiger partial charge in [0.05, 0.1) is 50.3 Å². The number of carbonyl (C=O) groups excluding carboxylic acids is 4. The number of methoxy groups -OCH3 is 2. The first-order valence-electron chi connectivity index (χ1n) is 18.7. The van der Waals surface area contributed by atoms with Crippen LogP contribution in [0.1, 0.15) is 87.4 Å². The molecule has 13 nitrogen and oxygen atoms in total. The lowest BCUT2D eigenvalue weighted by Crippen LogP contribution is -2.46. The van der Waals surface area contributed by atoms with Crippen molar-refractivity contribution in [2.45, 2.75) is 83.3 Å². The fraction of sp³-hybridized carbons (Fsp3) is 0.450. The summed E-state index contributed by atoms with van der Waals surface area (Å²) in [5.41, 5.74) is 6.61. The summed E-state index contributed by atoms with van der Waals surface area (Å²) >= 11 is 0. The molecule has 14 heteroatoms. The molecule has 3 amide bonds. The predicted molar refractivity (Wildman–Crippen MR) is 197 cm³/mol. The van der Waals surface area contributed by atoms with Gasteiger partial charge in [-0.2, -0.15) is 0 Å².